The first-order valence-corrected chi connectivity index (χ1v) is 5.40. The van der Waals surface area contributed by atoms with Crippen LogP contribution in [-0.4, -0.2) is 16.9 Å². The van der Waals surface area contributed by atoms with Crippen LogP contribution in [0.15, 0.2) is 18.2 Å². The van der Waals surface area contributed by atoms with E-state index in [1.807, 2.05) is 0 Å². The van der Waals surface area contributed by atoms with E-state index in [4.69, 9.17) is 16.6 Å². The number of nitrogens with two attached hydrogens (primary N) is 2. The molecule has 1 rings (SSSR count). The van der Waals surface area contributed by atoms with Gasteiger partial charge in [0, 0.05) is 18.4 Å². The number of unbranched alkanes of at least 4 members (excludes halogenated alkanes) is 1. The summed E-state index contributed by atoms with van der Waals surface area (Å²) in [5.41, 5.74) is 12.5. The van der Waals surface area contributed by atoms with Gasteiger partial charge in [-0.1, -0.05) is 0 Å². The number of Topliss-reactive ketones (excluding diaryl/α,β-unsaturated/α-hetero) is 1. The number of carbonyl (C=O) groups is 2. The van der Waals surface area contributed by atoms with Crippen molar-refractivity contribution in [1.29, 1.82) is 0 Å². The number of carboxylic acids is 1. The number of aliphatic carboxylic acids is 1. The van der Waals surface area contributed by atoms with Crippen LogP contribution in [0.4, 0.5) is 11.4 Å². The lowest BCUT2D eigenvalue weighted by Crippen LogP contribution is -2.03. The lowest BCUT2D eigenvalue weighted by Gasteiger charge is -2.04. The molecular weight excluding hydrogens is 220 g/mol. The number of ketones is 1. The van der Waals surface area contributed by atoms with Gasteiger partial charge in [-0.15, -0.1) is 0 Å². The molecule has 0 heterocycles. The maximum Gasteiger partial charge on any atom is 0.303 e. The van der Waals surface area contributed by atoms with Crippen LogP contribution in [0.1, 0.15) is 36.0 Å². The quantitative estimate of drug-likeness (QED) is 0.396. The van der Waals surface area contributed by atoms with Gasteiger partial charge in [-0.3, -0.25) is 9.59 Å². The van der Waals surface area contributed by atoms with Crippen LogP contribution in [0, 0.1) is 0 Å². The van der Waals surface area contributed by atoms with Crippen molar-refractivity contribution < 1.29 is 14.7 Å². The van der Waals surface area contributed by atoms with Crippen LogP contribution in [0.5, 0.6) is 0 Å². The van der Waals surface area contributed by atoms with Crippen LogP contribution in [0.3, 0.4) is 0 Å². The Kier molecular flexibility index (Phi) is 4.51. The van der Waals surface area contributed by atoms with Crippen molar-refractivity contribution in [2.75, 3.05) is 11.5 Å². The Morgan fingerprint density at radius 2 is 1.71 bits per heavy atom. The number of benzene rings is 1. The van der Waals surface area contributed by atoms with E-state index in [-0.39, 0.29) is 12.2 Å². The molecular formula is C12H16N2O3. The number of rotatable bonds is 6. The van der Waals surface area contributed by atoms with E-state index in [9.17, 15) is 9.59 Å². The molecule has 5 N–H and O–H groups in total. The molecule has 0 radical (unpaired) electrons. The Morgan fingerprint density at radius 1 is 1.06 bits per heavy atom. The summed E-state index contributed by atoms with van der Waals surface area (Å²) in [5, 5.41) is 8.45. The normalized spacial score (nSPS) is 10.1. The number of carboxylic acid groups (broad SMARTS) is 1. The first-order valence-electron chi connectivity index (χ1n) is 5.40. The van der Waals surface area contributed by atoms with Crippen LogP contribution >= 0.6 is 0 Å². The summed E-state index contributed by atoms with van der Waals surface area (Å²) >= 11 is 0. The molecule has 0 atom stereocenters. The molecule has 0 aliphatic carbocycles. The van der Waals surface area contributed by atoms with E-state index in [1.165, 1.54) is 0 Å². The minimum Gasteiger partial charge on any atom is -0.481 e. The molecule has 0 amide bonds. The molecule has 92 valence electrons. The zero-order chi connectivity index (χ0) is 12.8. The summed E-state index contributed by atoms with van der Waals surface area (Å²) in [7, 11) is 0. The summed E-state index contributed by atoms with van der Waals surface area (Å²) < 4.78 is 0. The van der Waals surface area contributed by atoms with Gasteiger partial charge in [0.2, 0.25) is 0 Å². The monoisotopic (exact) mass is 236 g/mol. The van der Waals surface area contributed by atoms with Crippen LogP contribution in [-0.2, 0) is 4.79 Å². The Bertz CT molecular complexity index is 430. The van der Waals surface area contributed by atoms with Gasteiger partial charge in [-0.05, 0) is 31.0 Å². The lowest BCUT2D eigenvalue weighted by atomic mass is 10.0. The van der Waals surface area contributed by atoms with Crippen molar-refractivity contribution >= 4 is 23.1 Å². The smallest absolute Gasteiger partial charge is 0.303 e. The number of hydrogen-bond donors (Lipinski definition) is 3. The third kappa shape index (κ3) is 4.14. The summed E-state index contributed by atoms with van der Waals surface area (Å²) in [6.45, 7) is 0. The van der Waals surface area contributed by atoms with E-state index >= 15 is 0 Å². The summed E-state index contributed by atoms with van der Waals surface area (Å²) in [5.74, 6) is -0.878. The van der Waals surface area contributed by atoms with Gasteiger partial charge in [0.1, 0.15) is 0 Å². The van der Waals surface area contributed by atoms with E-state index in [2.05, 4.69) is 0 Å². The summed E-state index contributed by atoms with van der Waals surface area (Å²) in [6, 6.07) is 4.78. The standard InChI is InChI=1S/C12H16N2O3/c13-9-6-5-8(7-10(9)14)11(15)3-1-2-4-12(16)17/h5-7H,1-4,13-14H2,(H,16,17). The highest BCUT2D eigenvalue weighted by molar-refractivity contribution is 5.97. The van der Waals surface area contributed by atoms with Gasteiger partial charge in [-0.25, -0.2) is 0 Å². The Balaban J connectivity index is 2.47. The molecule has 1 aromatic rings. The van der Waals surface area contributed by atoms with E-state index in [0.717, 1.165) is 0 Å². The molecule has 1 aromatic carbocycles. The average molecular weight is 236 g/mol. The van der Waals surface area contributed by atoms with Gasteiger partial charge in [0.15, 0.2) is 5.78 Å². The van der Waals surface area contributed by atoms with Gasteiger partial charge < -0.3 is 16.6 Å². The van der Waals surface area contributed by atoms with Gasteiger partial charge in [0.25, 0.3) is 0 Å². The molecule has 0 aromatic heterocycles. The third-order valence-corrected chi connectivity index (χ3v) is 2.45. The number of anilines is 2. The molecule has 0 spiro atoms. The third-order valence-electron chi connectivity index (χ3n) is 2.45. The van der Waals surface area contributed by atoms with Gasteiger partial charge in [0.05, 0.1) is 11.4 Å². The van der Waals surface area contributed by atoms with Crippen molar-refractivity contribution in [2.24, 2.45) is 0 Å². The molecule has 5 heteroatoms. The first kappa shape index (κ1) is 13.0. The van der Waals surface area contributed by atoms with Crippen molar-refractivity contribution in [2.45, 2.75) is 25.7 Å². The highest BCUT2D eigenvalue weighted by Gasteiger charge is 2.07. The van der Waals surface area contributed by atoms with Crippen molar-refractivity contribution in [3.8, 4) is 0 Å². The maximum absolute atomic E-state index is 11.7. The molecule has 0 aliphatic heterocycles. The largest absolute Gasteiger partial charge is 0.481 e. The Morgan fingerprint density at radius 3 is 2.29 bits per heavy atom. The molecule has 17 heavy (non-hydrogen) atoms. The second-order valence-corrected chi connectivity index (χ2v) is 3.87. The molecule has 0 unspecified atom stereocenters. The zero-order valence-corrected chi connectivity index (χ0v) is 9.48. The minimum atomic E-state index is -0.839. The predicted molar refractivity (Wildman–Crippen MR) is 65.7 cm³/mol. The van der Waals surface area contributed by atoms with Crippen molar-refractivity contribution in [3.63, 3.8) is 0 Å². The second-order valence-electron chi connectivity index (χ2n) is 3.87. The molecule has 0 fully saturated rings. The van der Waals surface area contributed by atoms with Crippen LogP contribution < -0.4 is 11.5 Å². The predicted octanol–water partition coefficient (Wildman–Crippen LogP) is 1.68. The molecule has 0 bridgehead atoms. The lowest BCUT2D eigenvalue weighted by molar-refractivity contribution is -0.137. The fourth-order valence-corrected chi connectivity index (χ4v) is 1.45. The van der Waals surface area contributed by atoms with E-state index in [1.54, 1.807) is 18.2 Å². The number of hydrogen-bond acceptors (Lipinski definition) is 4. The molecule has 0 aliphatic rings. The summed E-state index contributed by atoms with van der Waals surface area (Å²) in [6.07, 6.45) is 1.49. The molecule has 0 saturated carbocycles. The fourth-order valence-electron chi connectivity index (χ4n) is 1.45. The average Bonchev–Trinajstić information content (AvgIpc) is 2.27. The minimum absolute atomic E-state index is 0.0397. The summed E-state index contributed by atoms with van der Waals surface area (Å²) in [4.78, 5) is 22.0. The van der Waals surface area contributed by atoms with E-state index < -0.39 is 5.97 Å². The Labute approximate surface area is 99.4 Å². The zero-order valence-electron chi connectivity index (χ0n) is 9.48. The first-order chi connectivity index (χ1) is 8.00. The van der Waals surface area contributed by atoms with Gasteiger partial charge in [-0.2, -0.15) is 0 Å². The Hall–Kier alpha value is -2.04. The highest BCUT2D eigenvalue weighted by atomic mass is 16.4. The van der Waals surface area contributed by atoms with E-state index in [0.29, 0.717) is 36.2 Å². The highest BCUT2D eigenvalue weighted by Crippen LogP contribution is 2.17. The molecule has 5 nitrogen and oxygen atoms in total. The topological polar surface area (TPSA) is 106 Å². The van der Waals surface area contributed by atoms with Crippen LogP contribution in [0.25, 0.3) is 0 Å². The van der Waals surface area contributed by atoms with Gasteiger partial charge >= 0.3 is 5.97 Å². The van der Waals surface area contributed by atoms with Crippen molar-refractivity contribution in [3.05, 3.63) is 23.8 Å². The van der Waals surface area contributed by atoms with Crippen molar-refractivity contribution in [1.82, 2.24) is 0 Å². The SMILES string of the molecule is Nc1ccc(C(=O)CCCCC(=O)O)cc1N. The maximum atomic E-state index is 11.7. The number of nitrogen functional groups attached to an aromatic ring is 2. The van der Waals surface area contributed by atoms with Crippen LogP contribution in [0.2, 0.25) is 0 Å². The molecule has 0 saturated heterocycles. The fraction of sp³-hybridized carbons (Fsp3) is 0.333. The second kappa shape index (κ2) is 5.89. The number of carbonyl (C=O) groups excluding carboxylic acids is 1.